The third-order valence-corrected chi connectivity index (χ3v) is 1.18. The largest absolute Gasteiger partial charge is 0.382 e. The number of rotatable bonds is 7. The fourth-order valence-corrected chi connectivity index (χ4v) is 0.751. The van der Waals surface area contributed by atoms with Crippen molar-refractivity contribution in [3.63, 3.8) is 0 Å². The van der Waals surface area contributed by atoms with Gasteiger partial charge in [-0.05, 0) is 0 Å². The van der Waals surface area contributed by atoms with Crippen LogP contribution < -0.4 is 0 Å². The van der Waals surface area contributed by atoms with Crippen molar-refractivity contribution in [2.24, 2.45) is 0 Å². The average molecular weight is 158 g/mol. The molecule has 0 saturated carbocycles. The van der Waals surface area contributed by atoms with Crippen LogP contribution in [0.1, 0.15) is 0 Å². The van der Waals surface area contributed by atoms with Crippen molar-refractivity contribution >= 4 is 7.85 Å². The molecule has 11 heavy (non-hydrogen) atoms. The molecule has 0 aliphatic carbocycles. The minimum absolute atomic E-state index is 0.00792. The van der Waals surface area contributed by atoms with Gasteiger partial charge in [0, 0.05) is 20.8 Å². The summed E-state index contributed by atoms with van der Waals surface area (Å²) in [7, 11) is 8.53. The Balaban J connectivity index is 3.34. The summed E-state index contributed by atoms with van der Waals surface area (Å²) in [5.41, 5.74) is 0. The summed E-state index contributed by atoms with van der Waals surface area (Å²) in [5, 5.41) is 0. The molecule has 2 radical (unpaired) electrons. The first kappa shape index (κ1) is 10.9. The third kappa shape index (κ3) is 6.35. The van der Waals surface area contributed by atoms with Gasteiger partial charge in [0.15, 0.2) is 0 Å². The second-order valence-electron chi connectivity index (χ2n) is 2.19. The second kappa shape index (κ2) is 8.05. The second-order valence-corrected chi connectivity index (χ2v) is 2.19. The highest BCUT2D eigenvalue weighted by atomic mass is 16.6. The smallest absolute Gasteiger partial charge is 0.104 e. The highest BCUT2D eigenvalue weighted by molar-refractivity contribution is 6.08. The standard InChI is InChI=1S/C7H15BO3/c1-9-5-7(6-10-2)11-4-3-8/h7H,3-6H2,1-2H3. The summed E-state index contributed by atoms with van der Waals surface area (Å²) < 4.78 is 15.1. The van der Waals surface area contributed by atoms with Crippen LogP contribution in [0, 0.1) is 0 Å². The fraction of sp³-hybridized carbons (Fsp3) is 1.00. The molecule has 0 N–H and O–H groups in total. The molecular formula is C7H15BO3. The maximum absolute atomic E-state index is 5.30. The Hall–Kier alpha value is -0.0551. The van der Waals surface area contributed by atoms with E-state index < -0.39 is 0 Å². The van der Waals surface area contributed by atoms with Crippen LogP contribution in [-0.4, -0.2) is 48.0 Å². The van der Waals surface area contributed by atoms with Crippen LogP contribution in [0.5, 0.6) is 0 Å². The molecule has 0 aromatic rings. The molecule has 3 nitrogen and oxygen atoms in total. The van der Waals surface area contributed by atoms with E-state index in [1.807, 2.05) is 0 Å². The molecule has 0 aliphatic rings. The molecule has 0 atom stereocenters. The highest BCUT2D eigenvalue weighted by Crippen LogP contribution is 1.94. The zero-order valence-electron chi connectivity index (χ0n) is 7.21. The van der Waals surface area contributed by atoms with Gasteiger partial charge in [0.1, 0.15) is 6.10 Å². The molecule has 0 aromatic carbocycles. The Morgan fingerprint density at radius 1 is 1.18 bits per heavy atom. The SMILES string of the molecule is [B]CCOC(COC)COC. The van der Waals surface area contributed by atoms with Gasteiger partial charge in [0.2, 0.25) is 0 Å². The van der Waals surface area contributed by atoms with E-state index in [0.29, 0.717) is 26.1 Å². The minimum Gasteiger partial charge on any atom is -0.382 e. The first-order valence-electron chi connectivity index (χ1n) is 3.64. The topological polar surface area (TPSA) is 27.7 Å². The van der Waals surface area contributed by atoms with Crippen LogP contribution in [0.15, 0.2) is 0 Å². The first-order chi connectivity index (χ1) is 5.35. The van der Waals surface area contributed by atoms with Crippen LogP contribution in [0.3, 0.4) is 0 Å². The summed E-state index contributed by atoms with van der Waals surface area (Å²) >= 11 is 0. The van der Waals surface area contributed by atoms with E-state index >= 15 is 0 Å². The van der Waals surface area contributed by atoms with Gasteiger partial charge in [0.05, 0.1) is 21.1 Å². The van der Waals surface area contributed by atoms with Crippen molar-refractivity contribution in [3.05, 3.63) is 0 Å². The molecule has 0 rings (SSSR count). The van der Waals surface area contributed by atoms with Crippen molar-refractivity contribution in [1.29, 1.82) is 0 Å². The maximum atomic E-state index is 5.30. The van der Waals surface area contributed by atoms with Crippen LogP contribution in [0.25, 0.3) is 0 Å². The average Bonchev–Trinajstić information content (AvgIpc) is 2.01. The molecule has 0 amide bonds. The van der Waals surface area contributed by atoms with E-state index in [1.165, 1.54) is 0 Å². The molecule has 0 unspecified atom stereocenters. The lowest BCUT2D eigenvalue weighted by Crippen LogP contribution is -2.24. The number of hydrogen-bond acceptors (Lipinski definition) is 3. The highest BCUT2D eigenvalue weighted by Gasteiger charge is 2.06. The molecule has 0 fully saturated rings. The molecule has 64 valence electrons. The Kier molecular flexibility index (Phi) is 8.01. The van der Waals surface area contributed by atoms with Gasteiger partial charge in [-0.15, -0.1) is 0 Å². The van der Waals surface area contributed by atoms with Crippen molar-refractivity contribution in [2.45, 2.75) is 12.4 Å². The molecule has 0 spiro atoms. The van der Waals surface area contributed by atoms with Crippen LogP contribution in [0.2, 0.25) is 6.32 Å². The lowest BCUT2D eigenvalue weighted by Gasteiger charge is -2.15. The van der Waals surface area contributed by atoms with Gasteiger partial charge < -0.3 is 14.2 Å². The van der Waals surface area contributed by atoms with Gasteiger partial charge >= 0.3 is 0 Å². The maximum Gasteiger partial charge on any atom is 0.104 e. The minimum atomic E-state index is 0.00792. The Labute approximate surface area is 69.4 Å². The van der Waals surface area contributed by atoms with E-state index in [4.69, 9.17) is 22.1 Å². The van der Waals surface area contributed by atoms with Crippen LogP contribution in [-0.2, 0) is 14.2 Å². The summed E-state index contributed by atoms with van der Waals surface area (Å²) in [4.78, 5) is 0. The van der Waals surface area contributed by atoms with Crippen LogP contribution >= 0.6 is 0 Å². The number of hydrogen-bond donors (Lipinski definition) is 0. The predicted octanol–water partition coefficient (Wildman–Crippen LogP) is 0.251. The summed E-state index contributed by atoms with van der Waals surface area (Å²) in [6, 6.07) is 0. The molecule has 0 bridgehead atoms. The molecule has 4 heteroatoms. The zero-order valence-corrected chi connectivity index (χ0v) is 7.21. The van der Waals surface area contributed by atoms with Gasteiger partial charge in [-0.25, -0.2) is 0 Å². The third-order valence-electron chi connectivity index (χ3n) is 1.18. The first-order valence-corrected chi connectivity index (χ1v) is 3.64. The quantitative estimate of drug-likeness (QED) is 0.497. The van der Waals surface area contributed by atoms with E-state index in [-0.39, 0.29) is 6.10 Å². The number of methoxy groups -OCH3 is 2. The molecule has 0 heterocycles. The zero-order chi connectivity index (χ0) is 8.53. The van der Waals surface area contributed by atoms with E-state index in [2.05, 4.69) is 0 Å². The summed E-state index contributed by atoms with van der Waals surface area (Å²) in [5.74, 6) is 0. The van der Waals surface area contributed by atoms with Crippen molar-refractivity contribution in [1.82, 2.24) is 0 Å². The molecule has 0 aliphatic heterocycles. The normalized spacial score (nSPS) is 10.8. The predicted molar refractivity (Wildman–Crippen MR) is 44.1 cm³/mol. The van der Waals surface area contributed by atoms with Crippen molar-refractivity contribution in [3.8, 4) is 0 Å². The van der Waals surface area contributed by atoms with E-state index in [1.54, 1.807) is 14.2 Å². The van der Waals surface area contributed by atoms with Gasteiger partial charge in [-0.2, -0.15) is 0 Å². The fourth-order valence-electron chi connectivity index (χ4n) is 0.751. The molecular weight excluding hydrogens is 143 g/mol. The van der Waals surface area contributed by atoms with Crippen LogP contribution in [0.4, 0.5) is 0 Å². The lowest BCUT2D eigenvalue weighted by atomic mass is 10.1. The molecule has 0 aromatic heterocycles. The molecule has 0 saturated heterocycles. The lowest BCUT2D eigenvalue weighted by molar-refractivity contribution is -0.0364. The number of ether oxygens (including phenoxy) is 3. The van der Waals surface area contributed by atoms with E-state index in [0.717, 1.165) is 0 Å². The van der Waals surface area contributed by atoms with Crippen molar-refractivity contribution in [2.75, 3.05) is 34.0 Å². The monoisotopic (exact) mass is 158 g/mol. The Bertz CT molecular complexity index is 74.1. The Morgan fingerprint density at radius 3 is 2.09 bits per heavy atom. The van der Waals surface area contributed by atoms with E-state index in [9.17, 15) is 0 Å². The van der Waals surface area contributed by atoms with Gasteiger partial charge in [-0.3, -0.25) is 0 Å². The van der Waals surface area contributed by atoms with Crippen molar-refractivity contribution < 1.29 is 14.2 Å². The van der Waals surface area contributed by atoms with Gasteiger partial charge in [-0.1, -0.05) is 6.32 Å². The summed E-state index contributed by atoms with van der Waals surface area (Å²) in [6.07, 6.45) is 0.540. The van der Waals surface area contributed by atoms with Gasteiger partial charge in [0.25, 0.3) is 0 Å². The Morgan fingerprint density at radius 2 is 1.73 bits per heavy atom. The summed E-state index contributed by atoms with van der Waals surface area (Å²) in [6.45, 7) is 1.65.